The van der Waals surface area contributed by atoms with Crippen molar-refractivity contribution in [2.45, 2.75) is 51.7 Å². The predicted octanol–water partition coefficient (Wildman–Crippen LogP) is 2.56. The summed E-state index contributed by atoms with van der Waals surface area (Å²) in [5, 5.41) is 9.57. The van der Waals surface area contributed by atoms with Crippen LogP contribution in [0.5, 0.6) is 5.75 Å². The van der Waals surface area contributed by atoms with Gasteiger partial charge in [-0.3, -0.25) is 4.79 Å². The Morgan fingerprint density at radius 2 is 2.14 bits per heavy atom. The van der Waals surface area contributed by atoms with Gasteiger partial charge in [-0.1, -0.05) is 39.0 Å². The number of carbonyl (C=O) groups excluding carboxylic acids is 1. The van der Waals surface area contributed by atoms with Crippen LogP contribution in [-0.4, -0.2) is 41.2 Å². The second-order valence-corrected chi connectivity index (χ2v) is 5.93. The van der Waals surface area contributed by atoms with Gasteiger partial charge >= 0.3 is 0 Å². The van der Waals surface area contributed by atoms with Crippen molar-refractivity contribution in [3.05, 3.63) is 29.8 Å². The highest BCUT2D eigenvalue weighted by Crippen LogP contribution is 2.27. The number of benzene rings is 1. The van der Waals surface area contributed by atoms with Crippen molar-refractivity contribution in [1.82, 2.24) is 4.90 Å². The Kier molecular flexibility index (Phi) is 5.23. The van der Waals surface area contributed by atoms with E-state index < -0.39 is 12.2 Å². The second kappa shape index (κ2) is 6.94. The Morgan fingerprint density at radius 1 is 1.43 bits per heavy atom. The standard InChI is InChI=1S/C17H25NO3/c1-4-15(17(20)18-10-9-13(19)11-18)21-16-8-6-5-7-14(16)12(2)3/h5-8,12-13,15,19H,4,9-11H2,1-3H3/t13-,15?/m1/s1. The number of β-amino-alcohol motifs (C(OH)–C–C–N with tert-alkyl or cyclic N) is 1. The quantitative estimate of drug-likeness (QED) is 0.907. The van der Waals surface area contributed by atoms with E-state index in [1.807, 2.05) is 31.2 Å². The molecule has 4 heteroatoms. The summed E-state index contributed by atoms with van der Waals surface area (Å²) in [6, 6.07) is 7.88. The SMILES string of the molecule is CCC(Oc1ccccc1C(C)C)C(=O)N1CC[C@@H](O)C1. The molecular weight excluding hydrogens is 266 g/mol. The Balaban J connectivity index is 2.10. The van der Waals surface area contributed by atoms with Crippen molar-refractivity contribution in [3.8, 4) is 5.75 Å². The molecule has 2 rings (SSSR count). The number of ether oxygens (including phenoxy) is 1. The number of hydrogen-bond donors (Lipinski definition) is 1. The van der Waals surface area contributed by atoms with Crippen molar-refractivity contribution in [2.75, 3.05) is 13.1 Å². The first-order chi connectivity index (χ1) is 10.0. The number of carbonyl (C=O) groups is 1. The highest BCUT2D eigenvalue weighted by atomic mass is 16.5. The molecule has 0 bridgehead atoms. The first-order valence-electron chi connectivity index (χ1n) is 7.75. The lowest BCUT2D eigenvalue weighted by Gasteiger charge is -2.24. The number of aliphatic hydroxyl groups is 1. The van der Waals surface area contributed by atoms with E-state index in [0.29, 0.717) is 31.8 Å². The number of hydrogen-bond acceptors (Lipinski definition) is 3. The van der Waals surface area contributed by atoms with Crippen molar-refractivity contribution in [2.24, 2.45) is 0 Å². The number of nitrogens with zero attached hydrogens (tertiary/aromatic N) is 1. The molecule has 2 atom stereocenters. The minimum absolute atomic E-state index is 0.0207. The molecule has 0 aliphatic carbocycles. The van der Waals surface area contributed by atoms with Crippen LogP contribution in [0.4, 0.5) is 0 Å². The molecule has 0 radical (unpaired) electrons. The average molecular weight is 291 g/mol. The van der Waals surface area contributed by atoms with Gasteiger partial charge in [-0.25, -0.2) is 0 Å². The number of amides is 1. The van der Waals surface area contributed by atoms with E-state index in [2.05, 4.69) is 13.8 Å². The van der Waals surface area contributed by atoms with Crippen LogP contribution in [0.3, 0.4) is 0 Å². The zero-order valence-corrected chi connectivity index (χ0v) is 13.1. The summed E-state index contributed by atoms with van der Waals surface area (Å²) in [5.74, 6) is 1.11. The van der Waals surface area contributed by atoms with Crippen molar-refractivity contribution < 1.29 is 14.6 Å². The molecule has 1 heterocycles. The Hall–Kier alpha value is -1.55. The van der Waals surface area contributed by atoms with Gasteiger partial charge in [0.2, 0.25) is 0 Å². The zero-order chi connectivity index (χ0) is 15.4. The van der Waals surface area contributed by atoms with Gasteiger partial charge in [0.05, 0.1) is 6.10 Å². The van der Waals surface area contributed by atoms with E-state index in [-0.39, 0.29) is 5.91 Å². The second-order valence-electron chi connectivity index (χ2n) is 5.93. The van der Waals surface area contributed by atoms with Gasteiger partial charge in [0.1, 0.15) is 5.75 Å². The van der Waals surface area contributed by atoms with Gasteiger partial charge in [-0.15, -0.1) is 0 Å². The predicted molar refractivity (Wildman–Crippen MR) is 82.4 cm³/mol. The topological polar surface area (TPSA) is 49.8 Å². The molecule has 1 aliphatic heterocycles. The molecule has 4 nitrogen and oxygen atoms in total. The fourth-order valence-corrected chi connectivity index (χ4v) is 2.67. The molecule has 0 spiro atoms. The number of rotatable bonds is 5. The fourth-order valence-electron chi connectivity index (χ4n) is 2.67. The summed E-state index contributed by atoms with van der Waals surface area (Å²) in [5.41, 5.74) is 1.12. The van der Waals surface area contributed by atoms with Gasteiger partial charge in [0.15, 0.2) is 6.10 Å². The largest absolute Gasteiger partial charge is 0.480 e. The zero-order valence-electron chi connectivity index (χ0n) is 13.1. The van der Waals surface area contributed by atoms with Crippen LogP contribution in [0.15, 0.2) is 24.3 Å². The summed E-state index contributed by atoms with van der Waals surface area (Å²) < 4.78 is 5.99. The van der Waals surface area contributed by atoms with Crippen LogP contribution < -0.4 is 4.74 Å². The third-order valence-electron chi connectivity index (χ3n) is 3.93. The van der Waals surface area contributed by atoms with Crippen LogP contribution in [0.1, 0.15) is 45.1 Å². The summed E-state index contributed by atoms with van der Waals surface area (Å²) in [6.45, 7) is 7.22. The average Bonchev–Trinajstić information content (AvgIpc) is 2.91. The first-order valence-corrected chi connectivity index (χ1v) is 7.75. The van der Waals surface area contributed by atoms with E-state index in [0.717, 1.165) is 11.3 Å². The van der Waals surface area contributed by atoms with Gasteiger partial charge in [-0.2, -0.15) is 0 Å². The lowest BCUT2D eigenvalue weighted by atomic mass is 10.0. The molecule has 1 saturated heterocycles. The van der Waals surface area contributed by atoms with Crippen LogP contribution in [0.2, 0.25) is 0 Å². The maximum absolute atomic E-state index is 12.5. The molecule has 1 aliphatic rings. The maximum atomic E-state index is 12.5. The van der Waals surface area contributed by atoms with Crippen LogP contribution in [-0.2, 0) is 4.79 Å². The number of likely N-dealkylation sites (tertiary alicyclic amines) is 1. The van der Waals surface area contributed by atoms with E-state index in [4.69, 9.17) is 4.74 Å². The third kappa shape index (κ3) is 3.76. The van der Waals surface area contributed by atoms with Crippen LogP contribution in [0, 0.1) is 0 Å². The first kappa shape index (κ1) is 15.8. The molecule has 0 aromatic heterocycles. The molecule has 1 aromatic rings. The van der Waals surface area contributed by atoms with Gasteiger partial charge < -0.3 is 14.7 Å². The monoisotopic (exact) mass is 291 g/mol. The minimum Gasteiger partial charge on any atom is -0.480 e. The Labute approximate surface area is 126 Å². The van der Waals surface area contributed by atoms with E-state index >= 15 is 0 Å². The molecule has 116 valence electrons. The maximum Gasteiger partial charge on any atom is 0.263 e. The molecule has 21 heavy (non-hydrogen) atoms. The van der Waals surface area contributed by atoms with E-state index in [1.165, 1.54) is 0 Å². The lowest BCUT2D eigenvalue weighted by Crippen LogP contribution is -2.41. The van der Waals surface area contributed by atoms with Gasteiger partial charge in [0.25, 0.3) is 5.91 Å². The fraction of sp³-hybridized carbons (Fsp3) is 0.588. The van der Waals surface area contributed by atoms with Crippen molar-refractivity contribution in [1.29, 1.82) is 0 Å². The molecule has 0 saturated carbocycles. The lowest BCUT2D eigenvalue weighted by molar-refractivity contribution is -0.138. The van der Waals surface area contributed by atoms with Crippen LogP contribution in [0.25, 0.3) is 0 Å². The third-order valence-corrected chi connectivity index (χ3v) is 3.93. The highest BCUT2D eigenvalue weighted by Gasteiger charge is 2.30. The number of aliphatic hydroxyl groups excluding tert-OH is 1. The van der Waals surface area contributed by atoms with E-state index in [9.17, 15) is 9.90 Å². The summed E-state index contributed by atoms with van der Waals surface area (Å²) in [4.78, 5) is 14.2. The van der Waals surface area contributed by atoms with Gasteiger partial charge in [0, 0.05) is 13.1 Å². The summed E-state index contributed by atoms with van der Waals surface area (Å²) in [7, 11) is 0. The van der Waals surface area contributed by atoms with Gasteiger partial charge in [-0.05, 0) is 30.4 Å². The molecule has 1 fully saturated rings. The molecular formula is C17H25NO3. The Bertz CT molecular complexity index is 487. The minimum atomic E-state index is -0.477. The smallest absolute Gasteiger partial charge is 0.263 e. The van der Waals surface area contributed by atoms with Crippen LogP contribution >= 0.6 is 0 Å². The summed E-state index contributed by atoms with van der Waals surface area (Å²) in [6.07, 6.45) is 0.410. The normalized spacial score (nSPS) is 19.9. The summed E-state index contributed by atoms with van der Waals surface area (Å²) >= 11 is 0. The molecule has 1 unspecified atom stereocenters. The number of para-hydroxylation sites is 1. The molecule has 1 amide bonds. The van der Waals surface area contributed by atoms with Crippen molar-refractivity contribution >= 4 is 5.91 Å². The Morgan fingerprint density at radius 3 is 2.71 bits per heavy atom. The molecule has 1 N–H and O–H groups in total. The van der Waals surface area contributed by atoms with E-state index in [1.54, 1.807) is 4.90 Å². The highest BCUT2D eigenvalue weighted by molar-refractivity contribution is 5.81. The molecule has 1 aromatic carbocycles. The van der Waals surface area contributed by atoms with Crippen molar-refractivity contribution in [3.63, 3.8) is 0 Å².